The van der Waals surface area contributed by atoms with E-state index in [9.17, 15) is 9.90 Å². The van der Waals surface area contributed by atoms with Crippen LogP contribution in [0.4, 0.5) is 5.82 Å². The number of nitrogens with zero attached hydrogens (tertiary/aromatic N) is 3. The van der Waals surface area contributed by atoms with Crippen molar-refractivity contribution in [2.75, 3.05) is 18.5 Å². The summed E-state index contributed by atoms with van der Waals surface area (Å²) in [6.07, 6.45) is 1.95. The van der Waals surface area contributed by atoms with Crippen molar-refractivity contribution in [1.29, 1.82) is 0 Å². The lowest BCUT2D eigenvalue weighted by atomic mass is 10.1. The van der Waals surface area contributed by atoms with Crippen molar-refractivity contribution in [3.05, 3.63) is 57.6 Å². The van der Waals surface area contributed by atoms with Gasteiger partial charge in [-0.3, -0.25) is 0 Å². The third-order valence-corrected chi connectivity index (χ3v) is 5.22. The molecule has 0 atom stereocenters. The highest BCUT2D eigenvalue weighted by Crippen LogP contribution is 2.45. The fourth-order valence-corrected chi connectivity index (χ4v) is 3.24. The third kappa shape index (κ3) is 2.95. The summed E-state index contributed by atoms with van der Waals surface area (Å²) >= 11 is 6.30. The fourth-order valence-electron chi connectivity index (χ4n) is 3.02. The highest BCUT2D eigenvalue weighted by Gasteiger charge is 2.41. The van der Waals surface area contributed by atoms with Gasteiger partial charge in [-0.1, -0.05) is 23.7 Å². The normalized spacial score (nSPS) is 15.2. The van der Waals surface area contributed by atoms with Crippen LogP contribution in [0, 0.1) is 12.3 Å². The molecule has 1 aromatic carbocycles. The van der Waals surface area contributed by atoms with E-state index in [1.165, 1.54) is 4.57 Å². The molecule has 0 aliphatic heterocycles. The standard InChI is InChI=1S/C19H19ClN4O2/c1-12-6-7-13-16(21-10-19(11-25)8-9-19)23-18(26)24(17(13)22-12)15-5-3-2-4-14(15)20/h2-7,25H,8-11H2,1H3,(H,21,23,26). The predicted molar refractivity (Wildman–Crippen MR) is 102 cm³/mol. The first-order chi connectivity index (χ1) is 12.5. The van der Waals surface area contributed by atoms with E-state index in [0.29, 0.717) is 28.7 Å². The van der Waals surface area contributed by atoms with Crippen LogP contribution in [0.25, 0.3) is 16.7 Å². The van der Waals surface area contributed by atoms with Gasteiger partial charge in [0, 0.05) is 17.7 Å². The Morgan fingerprint density at radius 1 is 1.23 bits per heavy atom. The molecule has 2 N–H and O–H groups in total. The van der Waals surface area contributed by atoms with Crippen molar-refractivity contribution in [2.24, 2.45) is 5.41 Å². The zero-order chi connectivity index (χ0) is 18.3. The lowest BCUT2D eigenvalue weighted by molar-refractivity contribution is 0.219. The van der Waals surface area contributed by atoms with Crippen molar-refractivity contribution >= 4 is 28.5 Å². The van der Waals surface area contributed by atoms with Gasteiger partial charge < -0.3 is 10.4 Å². The molecule has 0 saturated heterocycles. The number of aliphatic hydroxyl groups excluding tert-OH is 1. The molecule has 0 unspecified atom stereocenters. The molecule has 0 spiro atoms. The van der Waals surface area contributed by atoms with Gasteiger partial charge in [-0.05, 0) is 44.0 Å². The second kappa shape index (κ2) is 6.37. The summed E-state index contributed by atoms with van der Waals surface area (Å²) in [4.78, 5) is 21.6. The molecule has 26 heavy (non-hydrogen) atoms. The number of rotatable bonds is 5. The number of aliphatic hydroxyl groups is 1. The molecule has 0 radical (unpaired) electrons. The number of nitrogens with one attached hydrogen (secondary N) is 1. The minimum atomic E-state index is -0.444. The molecule has 3 aromatic rings. The van der Waals surface area contributed by atoms with Gasteiger partial charge >= 0.3 is 5.69 Å². The van der Waals surface area contributed by atoms with E-state index < -0.39 is 5.69 Å². The minimum absolute atomic E-state index is 0.0935. The first-order valence-corrected chi connectivity index (χ1v) is 8.91. The largest absolute Gasteiger partial charge is 0.396 e. The maximum absolute atomic E-state index is 12.8. The third-order valence-electron chi connectivity index (χ3n) is 4.90. The zero-order valence-electron chi connectivity index (χ0n) is 14.4. The maximum atomic E-state index is 12.8. The molecule has 2 aromatic heterocycles. The molecule has 1 aliphatic carbocycles. The van der Waals surface area contributed by atoms with Crippen molar-refractivity contribution in [3.63, 3.8) is 0 Å². The van der Waals surface area contributed by atoms with Crippen molar-refractivity contribution in [2.45, 2.75) is 19.8 Å². The summed E-state index contributed by atoms with van der Waals surface area (Å²) in [6.45, 7) is 2.58. The molecule has 0 amide bonds. The average Bonchev–Trinajstić information content (AvgIpc) is 3.41. The molecule has 0 bridgehead atoms. The summed E-state index contributed by atoms with van der Waals surface area (Å²) in [5, 5.41) is 13.9. The molecule has 1 fully saturated rings. The number of pyridine rings is 1. The van der Waals surface area contributed by atoms with Gasteiger partial charge in [0.1, 0.15) is 5.82 Å². The van der Waals surface area contributed by atoms with Crippen LogP contribution in [-0.2, 0) is 0 Å². The number of aryl methyl sites for hydroxylation is 1. The van der Waals surface area contributed by atoms with Crippen molar-refractivity contribution in [3.8, 4) is 5.69 Å². The quantitative estimate of drug-likeness (QED) is 0.721. The van der Waals surface area contributed by atoms with E-state index in [0.717, 1.165) is 23.9 Å². The molecule has 1 aliphatic rings. The van der Waals surface area contributed by atoms with E-state index in [1.807, 2.05) is 31.2 Å². The van der Waals surface area contributed by atoms with Crippen LogP contribution >= 0.6 is 11.6 Å². The number of halogens is 1. The Hall–Kier alpha value is -2.44. The summed E-state index contributed by atoms with van der Waals surface area (Å²) in [5.74, 6) is 0.487. The average molecular weight is 371 g/mol. The first-order valence-electron chi connectivity index (χ1n) is 8.53. The molecular formula is C19H19ClN4O2. The number of anilines is 1. The maximum Gasteiger partial charge on any atom is 0.355 e. The van der Waals surface area contributed by atoms with Crippen LogP contribution in [0.2, 0.25) is 5.02 Å². The minimum Gasteiger partial charge on any atom is -0.396 e. The Balaban J connectivity index is 1.88. The highest BCUT2D eigenvalue weighted by atomic mass is 35.5. The molecule has 2 heterocycles. The van der Waals surface area contributed by atoms with Gasteiger partial charge in [-0.2, -0.15) is 4.98 Å². The Morgan fingerprint density at radius 3 is 2.69 bits per heavy atom. The van der Waals surface area contributed by atoms with Crippen LogP contribution in [0.1, 0.15) is 18.5 Å². The number of fused-ring (bicyclic) bond motifs is 1. The topological polar surface area (TPSA) is 80.0 Å². The highest BCUT2D eigenvalue weighted by molar-refractivity contribution is 6.32. The van der Waals surface area contributed by atoms with Crippen LogP contribution < -0.4 is 11.0 Å². The summed E-state index contributed by atoms with van der Waals surface area (Å²) in [5.41, 5.74) is 1.32. The molecule has 7 heteroatoms. The molecule has 134 valence electrons. The Labute approximate surface area is 155 Å². The predicted octanol–water partition coefficient (Wildman–Crippen LogP) is 2.93. The Kier molecular flexibility index (Phi) is 4.17. The van der Waals surface area contributed by atoms with Gasteiger partial charge in [-0.15, -0.1) is 0 Å². The van der Waals surface area contributed by atoms with Crippen LogP contribution in [0.5, 0.6) is 0 Å². The van der Waals surface area contributed by atoms with Crippen molar-refractivity contribution < 1.29 is 5.11 Å². The Morgan fingerprint density at radius 2 is 2.00 bits per heavy atom. The smallest absolute Gasteiger partial charge is 0.355 e. The van der Waals surface area contributed by atoms with Gasteiger partial charge in [0.25, 0.3) is 0 Å². The van der Waals surface area contributed by atoms with E-state index in [2.05, 4.69) is 15.3 Å². The van der Waals surface area contributed by atoms with Crippen LogP contribution in [-0.4, -0.2) is 32.8 Å². The monoisotopic (exact) mass is 370 g/mol. The molecule has 4 rings (SSSR count). The second-order valence-corrected chi connectivity index (χ2v) is 7.27. The fraction of sp³-hybridized carbons (Fsp3) is 0.316. The van der Waals surface area contributed by atoms with Crippen molar-refractivity contribution in [1.82, 2.24) is 14.5 Å². The molecular weight excluding hydrogens is 352 g/mol. The van der Waals surface area contributed by atoms with E-state index in [4.69, 9.17) is 11.6 Å². The summed E-state index contributed by atoms with van der Waals surface area (Å²) in [7, 11) is 0. The first kappa shape index (κ1) is 17.0. The summed E-state index contributed by atoms with van der Waals surface area (Å²) in [6, 6.07) is 10.9. The molecule has 1 saturated carbocycles. The van der Waals surface area contributed by atoms with Gasteiger partial charge in [0.05, 0.1) is 22.7 Å². The van der Waals surface area contributed by atoms with Crippen LogP contribution in [0.15, 0.2) is 41.2 Å². The van der Waals surface area contributed by atoms with Gasteiger partial charge in [-0.25, -0.2) is 14.3 Å². The molecule has 6 nitrogen and oxygen atoms in total. The Bertz CT molecular complexity index is 1040. The van der Waals surface area contributed by atoms with Gasteiger partial charge in [0.15, 0.2) is 5.65 Å². The number of hydrogen-bond acceptors (Lipinski definition) is 5. The number of benzene rings is 1. The number of para-hydroxylation sites is 1. The summed E-state index contributed by atoms with van der Waals surface area (Å²) < 4.78 is 1.44. The second-order valence-electron chi connectivity index (χ2n) is 6.87. The SMILES string of the molecule is Cc1ccc2c(NCC3(CO)CC3)nc(=O)n(-c3ccccc3Cl)c2n1. The van der Waals surface area contributed by atoms with E-state index >= 15 is 0 Å². The number of aromatic nitrogens is 3. The van der Waals surface area contributed by atoms with Gasteiger partial charge in [0.2, 0.25) is 0 Å². The zero-order valence-corrected chi connectivity index (χ0v) is 15.1. The lowest BCUT2D eigenvalue weighted by Crippen LogP contribution is -2.26. The number of hydrogen-bond donors (Lipinski definition) is 2. The van der Waals surface area contributed by atoms with E-state index in [1.54, 1.807) is 12.1 Å². The lowest BCUT2D eigenvalue weighted by Gasteiger charge is -2.17. The van der Waals surface area contributed by atoms with Crippen LogP contribution in [0.3, 0.4) is 0 Å². The van der Waals surface area contributed by atoms with E-state index in [-0.39, 0.29) is 12.0 Å².